The highest BCUT2D eigenvalue weighted by Gasteiger charge is 2.12. The van der Waals surface area contributed by atoms with Gasteiger partial charge < -0.3 is 4.74 Å². The van der Waals surface area contributed by atoms with Crippen molar-refractivity contribution in [2.75, 3.05) is 6.61 Å². The van der Waals surface area contributed by atoms with E-state index >= 15 is 0 Å². The lowest BCUT2D eigenvalue weighted by molar-refractivity contribution is -0.139. The first kappa shape index (κ1) is 10.1. The normalized spacial score (nSPS) is 9.82. The van der Waals surface area contributed by atoms with Crippen molar-refractivity contribution >= 4 is 5.97 Å². The molecule has 2 nitrogen and oxygen atoms in total. The van der Waals surface area contributed by atoms with Crippen LogP contribution in [0, 0.1) is 0 Å². The first-order valence-electron chi connectivity index (χ1n) is 3.21. The van der Waals surface area contributed by atoms with Crippen LogP contribution in [0.25, 0.3) is 0 Å². The topological polar surface area (TPSA) is 26.3 Å². The summed E-state index contributed by atoms with van der Waals surface area (Å²) in [6.45, 7) is 4.95. The SMILES string of the molecule is C=C(CC(F)F)C(=O)OCC. The first-order chi connectivity index (χ1) is 5.07. The molecule has 0 aliphatic heterocycles. The molecular weight excluding hydrogens is 154 g/mol. The average Bonchev–Trinajstić information content (AvgIpc) is 1.86. The molecule has 0 aliphatic carbocycles. The van der Waals surface area contributed by atoms with E-state index < -0.39 is 18.8 Å². The van der Waals surface area contributed by atoms with Crippen LogP contribution in [-0.2, 0) is 9.53 Å². The van der Waals surface area contributed by atoms with E-state index in [1.165, 1.54) is 0 Å². The lowest BCUT2D eigenvalue weighted by atomic mass is 10.2. The number of hydrogen-bond donors (Lipinski definition) is 0. The van der Waals surface area contributed by atoms with Gasteiger partial charge in [0.15, 0.2) is 0 Å². The summed E-state index contributed by atoms with van der Waals surface area (Å²) >= 11 is 0. The van der Waals surface area contributed by atoms with Crippen molar-refractivity contribution in [1.82, 2.24) is 0 Å². The van der Waals surface area contributed by atoms with Gasteiger partial charge in [0.25, 0.3) is 0 Å². The molecule has 0 unspecified atom stereocenters. The molecule has 0 aromatic carbocycles. The fraction of sp³-hybridized carbons (Fsp3) is 0.571. The molecule has 0 saturated heterocycles. The van der Waals surface area contributed by atoms with E-state index in [0.717, 1.165) is 0 Å². The van der Waals surface area contributed by atoms with Crippen molar-refractivity contribution in [2.45, 2.75) is 19.8 Å². The average molecular weight is 164 g/mol. The number of rotatable bonds is 4. The third kappa shape index (κ3) is 4.47. The third-order valence-corrected chi connectivity index (χ3v) is 0.965. The van der Waals surface area contributed by atoms with Crippen molar-refractivity contribution in [1.29, 1.82) is 0 Å². The Morgan fingerprint density at radius 1 is 1.64 bits per heavy atom. The highest BCUT2D eigenvalue weighted by Crippen LogP contribution is 2.08. The molecule has 0 radical (unpaired) electrons. The summed E-state index contributed by atoms with van der Waals surface area (Å²) in [5.74, 6) is -0.743. The van der Waals surface area contributed by atoms with Crippen molar-refractivity contribution in [2.24, 2.45) is 0 Å². The number of esters is 1. The smallest absolute Gasteiger partial charge is 0.333 e. The van der Waals surface area contributed by atoms with E-state index in [9.17, 15) is 13.6 Å². The number of alkyl halides is 2. The second-order valence-electron chi connectivity index (χ2n) is 1.92. The van der Waals surface area contributed by atoms with Gasteiger partial charge in [-0.2, -0.15) is 0 Å². The van der Waals surface area contributed by atoms with Crippen molar-refractivity contribution < 1.29 is 18.3 Å². The van der Waals surface area contributed by atoms with Crippen molar-refractivity contribution in [3.05, 3.63) is 12.2 Å². The number of carbonyl (C=O) groups is 1. The Bertz CT molecular complexity index is 155. The van der Waals surface area contributed by atoms with Crippen LogP contribution in [0.3, 0.4) is 0 Å². The van der Waals surface area contributed by atoms with Crippen LogP contribution in [0.15, 0.2) is 12.2 Å². The summed E-state index contributed by atoms with van der Waals surface area (Å²) in [4.78, 5) is 10.6. The van der Waals surface area contributed by atoms with Gasteiger partial charge in [-0.15, -0.1) is 0 Å². The van der Waals surface area contributed by atoms with Gasteiger partial charge in [-0.3, -0.25) is 0 Å². The van der Waals surface area contributed by atoms with Crippen LogP contribution < -0.4 is 0 Å². The molecule has 64 valence electrons. The third-order valence-electron chi connectivity index (χ3n) is 0.965. The molecular formula is C7H10F2O2. The van der Waals surface area contributed by atoms with E-state index in [2.05, 4.69) is 11.3 Å². The zero-order chi connectivity index (χ0) is 8.85. The highest BCUT2D eigenvalue weighted by atomic mass is 19.3. The fourth-order valence-corrected chi connectivity index (χ4v) is 0.503. The van der Waals surface area contributed by atoms with Gasteiger partial charge in [0, 0.05) is 12.0 Å². The summed E-state index contributed by atoms with van der Waals surface area (Å²) in [6, 6.07) is 0. The fourth-order valence-electron chi connectivity index (χ4n) is 0.503. The quantitative estimate of drug-likeness (QED) is 0.467. The molecule has 4 heteroatoms. The first-order valence-corrected chi connectivity index (χ1v) is 3.21. The number of carbonyl (C=O) groups excluding carboxylic acids is 1. The predicted molar refractivity (Wildman–Crippen MR) is 36.4 cm³/mol. The Morgan fingerprint density at radius 2 is 2.18 bits per heavy atom. The van der Waals surface area contributed by atoms with Crippen LogP contribution in [0.1, 0.15) is 13.3 Å². The maximum Gasteiger partial charge on any atom is 0.333 e. The Hall–Kier alpha value is -0.930. The molecule has 0 amide bonds. The minimum atomic E-state index is -2.54. The maximum absolute atomic E-state index is 11.6. The van der Waals surface area contributed by atoms with Crippen molar-refractivity contribution in [3.8, 4) is 0 Å². The summed E-state index contributed by atoms with van der Waals surface area (Å²) < 4.78 is 27.7. The highest BCUT2D eigenvalue weighted by molar-refractivity contribution is 5.87. The molecule has 0 N–H and O–H groups in total. The maximum atomic E-state index is 11.6. The van der Waals surface area contributed by atoms with Crippen LogP contribution in [0.2, 0.25) is 0 Å². The van der Waals surface area contributed by atoms with Gasteiger partial charge in [0.05, 0.1) is 6.61 Å². The zero-order valence-electron chi connectivity index (χ0n) is 6.27. The monoisotopic (exact) mass is 164 g/mol. The van der Waals surface area contributed by atoms with Gasteiger partial charge >= 0.3 is 5.97 Å². The Morgan fingerprint density at radius 3 is 2.55 bits per heavy atom. The molecule has 11 heavy (non-hydrogen) atoms. The Kier molecular flexibility index (Phi) is 4.41. The summed E-state index contributed by atoms with van der Waals surface area (Å²) in [5, 5.41) is 0. The van der Waals surface area contributed by atoms with E-state index in [1.54, 1.807) is 6.92 Å². The lowest BCUT2D eigenvalue weighted by Crippen LogP contribution is -2.09. The van der Waals surface area contributed by atoms with Gasteiger partial charge in [-0.05, 0) is 6.92 Å². The van der Waals surface area contributed by atoms with Crippen LogP contribution in [0.5, 0.6) is 0 Å². The molecule has 0 atom stereocenters. The molecule has 0 aliphatic rings. The molecule has 0 fully saturated rings. The predicted octanol–water partition coefficient (Wildman–Crippen LogP) is 1.76. The van der Waals surface area contributed by atoms with Crippen LogP contribution >= 0.6 is 0 Å². The molecule has 0 aromatic rings. The summed E-state index contributed by atoms with van der Waals surface area (Å²) in [7, 11) is 0. The van der Waals surface area contributed by atoms with E-state index in [1.807, 2.05) is 0 Å². The summed E-state index contributed by atoms with van der Waals surface area (Å²) in [6.07, 6.45) is -3.15. The lowest BCUT2D eigenvalue weighted by Gasteiger charge is -2.03. The van der Waals surface area contributed by atoms with Gasteiger partial charge in [-0.25, -0.2) is 13.6 Å². The van der Waals surface area contributed by atoms with Gasteiger partial charge in [0.2, 0.25) is 6.43 Å². The number of halogens is 2. The van der Waals surface area contributed by atoms with Gasteiger partial charge in [-0.1, -0.05) is 6.58 Å². The molecule has 0 bridgehead atoms. The van der Waals surface area contributed by atoms with Gasteiger partial charge in [0.1, 0.15) is 0 Å². The second-order valence-corrected chi connectivity index (χ2v) is 1.92. The molecule has 0 heterocycles. The number of ether oxygens (including phenoxy) is 1. The minimum absolute atomic E-state index is 0.179. The molecule has 0 rings (SSSR count). The zero-order valence-corrected chi connectivity index (χ0v) is 6.27. The van der Waals surface area contributed by atoms with Crippen molar-refractivity contribution in [3.63, 3.8) is 0 Å². The molecule has 0 aromatic heterocycles. The Balaban J connectivity index is 3.74. The Labute approximate surface area is 63.8 Å². The van der Waals surface area contributed by atoms with E-state index in [0.29, 0.717) is 0 Å². The minimum Gasteiger partial charge on any atom is -0.463 e. The van der Waals surface area contributed by atoms with E-state index in [-0.39, 0.29) is 12.2 Å². The van der Waals surface area contributed by atoms with Crippen LogP contribution in [-0.4, -0.2) is 19.0 Å². The van der Waals surface area contributed by atoms with E-state index in [4.69, 9.17) is 0 Å². The second kappa shape index (κ2) is 4.82. The number of hydrogen-bond acceptors (Lipinski definition) is 2. The summed E-state index contributed by atoms with van der Waals surface area (Å²) in [5.41, 5.74) is -0.179. The molecule has 0 spiro atoms. The standard InChI is InChI=1S/C7H10F2O2/c1-3-11-7(10)5(2)4-6(8)9/h6H,2-4H2,1H3. The van der Waals surface area contributed by atoms with Crippen LogP contribution in [0.4, 0.5) is 8.78 Å². The molecule has 0 saturated carbocycles. The largest absolute Gasteiger partial charge is 0.463 e.